The van der Waals surface area contributed by atoms with Crippen molar-refractivity contribution in [3.05, 3.63) is 58.9 Å². The second-order valence-electron chi connectivity index (χ2n) is 4.37. The van der Waals surface area contributed by atoms with Crippen LogP contribution in [0.15, 0.2) is 35.2 Å². The minimum absolute atomic E-state index is 0.0706. The maximum Gasteiger partial charge on any atom is 0.144 e. The molecule has 2 nitrogen and oxygen atoms in total. The fourth-order valence-electron chi connectivity index (χ4n) is 1.83. The molecule has 0 spiro atoms. The zero-order valence-corrected chi connectivity index (χ0v) is 11.4. The van der Waals surface area contributed by atoms with Crippen molar-refractivity contribution in [3.8, 4) is 0 Å². The summed E-state index contributed by atoms with van der Waals surface area (Å²) in [6.45, 7) is 1.64. The van der Waals surface area contributed by atoms with E-state index in [-0.39, 0.29) is 11.4 Å². The quantitative estimate of drug-likeness (QED) is 0.884. The molecule has 2 rings (SSSR count). The zero-order chi connectivity index (χ0) is 14.9. The van der Waals surface area contributed by atoms with Gasteiger partial charge in [0.2, 0.25) is 0 Å². The van der Waals surface area contributed by atoms with Gasteiger partial charge in [0.05, 0.1) is 16.6 Å². The third kappa shape index (κ3) is 3.01. The molecule has 1 unspecified atom stereocenters. The van der Waals surface area contributed by atoms with E-state index in [1.54, 1.807) is 6.92 Å². The molecule has 20 heavy (non-hydrogen) atoms. The van der Waals surface area contributed by atoms with Crippen LogP contribution in [-0.4, -0.2) is 4.21 Å². The van der Waals surface area contributed by atoms with Crippen molar-refractivity contribution in [2.75, 3.05) is 5.73 Å². The van der Waals surface area contributed by atoms with E-state index in [2.05, 4.69) is 0 Å². The first-order chi connectivity index (χ1) is 9.38. The van der Waals surface area contributed by atoms with Gasteiger partial charge in [-0.2, -0.15) is 0 Å². The lowest BCUT2D eigenvalue weighted by molar-refractivity contribution is 0.535. The van der Waals surface area contributed by atoms with Crippen LogP contribution in [0.1, 0.15) is 11.1 Å². The van der Waals surface area contributed by atoms with E-state index in [0.717, 1.165) is 12.1 Å². The second kappa shape index (κ2) is 5.66. The molecule has 0 saturated heterocycles. The predicted molar refractivity (Wildman–Crippen MR) is 72.0 cm³/mol. The third-order valence-corrected chi connectivity index (χ3v) is 4.26. The van der Waals surface area contributed by atoms with Crippen molar-refractivity contribution >= 4 is 16.5 Å². The monoisotopic (exact) mass is 299 g/mol. The van der Waals surface area contributed by atoms with Gasteiger partial charge in [-0.25, -0.2) is 13.2 Å². The summed E-state index contributed by atoms with van der Waals surface area (Å²) < 4.78 is 52.4. The molecule has 0 aliphatic rings. The minimum atomic E-state index is -1.91. The first-order valence-corrected chi connectivity index (χ1v) is 7.08. The van der Waals surface area contributed by atoms with Gasteiger partial charge in [0.25, 0.3) is 0 Å². The number of benzene rings is 2. The highest BCUT2D eigenvalue weighted by Crippen LogP contribution is 2.23. The topological polar surface area (TPSA) is 43.1 Å². The van der Waals surface area contributed by atoms with Crippen LogP contribution in [0.3, 0.4) is 0 Å². The van der Waals surface area contributed by atoms with E-state index >= 15 is 0 Å². The van der Waals surface area contributed by atoms with Gasteiger partial charge in [-0.15, -0.1) is 0 Å². The van der Waals surface area contributed by atoms with E-state index in [1.165, 1.54) is 18.2 Å². The number of nitrogens with two attached hydrogens (primary N) is 1. The Morgan fingerprint density at radius 3 is 2.25 bits per heavy atom. The average molecular weight is 299 g/mol. The summed E-state index contributed by atoms with van der Waals surface area (Å²) in [5.41, 5.74) is 6.38. The first-order valence-electron chi connectivity index (χ1n) is 5.76. The van der Waals surface area contributed by atoms with Gasteiger partial charge in [-0.05, 0) is 42.3 Å². The Morgan fingerprint density at radius 1 is 1.10 bits per heavy atom. The SMILES string of the molecule is Cc1cc(F)ccc1CS(=O)c1c(F)cc(N)cc1F. The van der Waals surface area contributed by atoms with Crippen LogP contribution in [0.4, 0.5) is 18.9 Å². The smallest absolute Gasteiger partial charge is 0.144 e. The lowest BCUT2D eigenvalue weighted by atomic mass is 10.1. The van der Waals surface area contributed by atoms with Gasteiger partial charge in [0.1, 0.15) is 22.3 Å². The van der Waals surface area contributed by atoms with Gasteiger partial charge in [0.15, 0.2) is 0 Å². The Bertz CT molecular complexity index is 665. The second-order valence-corrected chi connectivity index (χ2v) is 5.76. The Kier molecular flexibility index (Phi) is 4.13. The van der Waals surface area contributed by atoms with Crippen LogP contribution < -0.4 is 5.73 Å². The molecule has 0 heterocycles. The third-order valence-electron chi connectivity index (χ3n) is 2.84. The number of aryl methyl sites for hydroxylation is 1. The molecule has 0 aromatic heterocycles. The lowest BCUT2D eigenvalue weighted by Crippen LogP contribution is -2.05. The Hall–Kier alpha value is -1.82. The molecule has 6 heteroatoms. The Balaban J connectivity index is 2.33. The Morgan fingerprint density at radius 2 is 1.70 bits per heavy atom. The van der Waals surface area contributed by atoms with Crippen LogP contribution in [0.5, 0.6) is 0 Å². The van der Waals surface area contributed by atoms with Crippen LogP contribution in [0.2, 0.25) is 0 Å². The molecular formula is C14H12F3NOS. The van der Waals surface area contributed by atoms with E-state index < -0.39 is 33.1 Å². The molecule has 0 fully saturated rings. The molecule has 0 aliphatic carbocycles. The van der Waals surface area contributed by atoms with Gasteiger partial charge in [0, 0.05) is 5.69 Å². The molecular weight excluding hydrogens is 287 g/mol. The largest absolute Gasteiger partial charge is 0.399 e. The molecule has 2 aromatic carbocycles. The van der Waals surface area contributed by atoms with Crippen molar-refractivity contribution in [2.45, 2.75) is 17.6 Å². The van der Waals surface area contributed by atoms with Gasteiger partial charge < -0.3 is 5.73 Å². The van der Waals surface area contributed by atoms with Crippen LogP contribution >= 0.6 is 0 Å². The molecule has 106 valence electrons. The molecule has 2 N–H and O–H groups in total. The summed E-state index contributed by atoms with van der Waals surface area (Å²) in [6.07, 6.45) is 0. The number of anilines is 1. The fourth-order valence-corrected chi connectivity index (χ4v) is 3.14. The fraction of sp³-hybridized carbons (Fsp3) is 0.143. The van der Waals surface area contributed by atoms with Crippen LogP contribution in [-0.2, 0) is 16.6 Å². The number of rotatable bonds is 3. The van der Waals surface area contributed by atoms with Crippen molar-refractivity contribution in [3.63, 3.8) is 0 Å². The molecule has 0 amide bonds. The summed E-state index contributed by atoms with van der Waals surface area (Å²) in [5, 5.41) is 0. The highest BCUT2D eigenvalue weighted by molar-refractivity contribution is 7.84. The van der Waals surface area contributed by atoms with Crippen molar-refractivity contribution < 1.29 is 17.4 Å². The molecule has 0 bridgehead atoms. The van der Waals surface area contributed by atoms with E-state index in [9.17, 15) is 17.4 Å². The summed E-state index contributed by atoms with van der Waals surface area (Å²) in [7, 11) is -1.91. The average Bonchev–Trinajstić information content (AvgIpc) is 2.31. The maximum absolute atomic E-state index is 13.7. The number of nitrogen functional groups attached to an aromatic ring is 1. The Labute approximate surface area is 116 Å². The van der Waals surface area contributed by atoms with E-state index in [0.29, 0.717) is 11.1 Å². The number of halogens is 3. The highest BCUT2D eigenvalue weighted by Gasteiger charge is 2.18. The lowest BCUT2D eigenvalue weighted by Gasteiger charge is -2.08. The normalized spacial score (nSPS) is 12.4. The molecule has 0 radical (unpaired) electrons. The molecule has 0 saturated carbocycles. The van der Waals surface area contributed by atoms with Crippen LogP contribution in [0.25, 0.3) is 0 Å². The molecule has 0 aliphatic heterocycles. The van der Waals surface area contributed by atoms with Crippen molar-refractivity contribution in [2.24, 2.45) is 0 Å². The predicted octanol–water partition coefficient (Wildman–Crippen LogP) is 3.30. The first kappa shape index (κ1) is 14.6. The summed E-state index contributed by atoms with van der Waals surface area (Å²) in [4.78, 5) is -0.511. The van der Waals surface area contributed by atoms with E-state index in [1.807, 2.05) is 0 Å². The highest BCUT2D eigenvalue weighted by atomic mass is 32.2. The van der Waals surface area contributed by atoms with E-state index in [4.69, 9.17) is 5.73 Å². The van der Waals surface area contributed by atoms with Gasteiger partial charge in [-0.1, -0.05) is 6.07 Å². The molecule has 2 aromatic rings. The van der Waals surface area contributed by atoms with Gasteiger partial charge in [-0.3, -0.25) is 4.21 Å². The van der Waals surface area contributed by atoms with Crippen molar-refractivity contribution in [1.82, 2.24) is 0 Å². The summed E-state index contributed by atoms with van der Waals surface area (Å²) in [5.74, 6) is -2.40. The van der Waals surface area contributed by atoms with Crippen LogP contribution in [0, 0.1) is 24.4 Å². The minimum Gasteiger partial charge on any atom is -0.399 e. The maximum atomic E-state index is 13.7. The standard InChI is InChI=1S/C14H12F3NOS/c1-8-4-10(15)3-2-9(8)7-20(19)14-12(16)5-11(18)6-13(14)17/h2-6H,7,18H2,1H3. The number of hydrogen-bond acceptors (Lipinski definition) is 2. The van der Waals surface area contributed by atoms with Crippen molar-refractivity contribution in [1.29, 1.82) is 0 Å². The summed E-state index contributed by atoms with van der Waals surface area (Å²) in [6, 6.07) is 5.80. The summed E-state index contributed by atoms with van der Waals surface area (Å²) >= 11 is 0. The van der Waals surface area contributed by atoms with Gasteiger partial charge >= 0.3 is 0 Å². The molecule has 1 atom stereocenters. The number of hydrogen-bond donors (Lipinski definition) is 1. The zero-order valence-electron chi connectivity index (χ0n) is 10.6.